The first-order valence-corrected chi connectivity index (χ1v) is 6.62. The molecule has 0 saturated carbocycles. The molecule has 1 amide bonds. The highest BCUT2D eigenvalue weighted by atomic mass is 35.5. The van der Waals surface area contributed by atoms with Crippen molar-refractivity contribution in [2.75, 3.05) is 5.32 Å². The number of hydrogen-bond donors (Lipinski definition) is 3. The summed E-state index contributed by atoms with van der Waals surface area (Å²) in [5.41, 5.74) is 0.904. The van der Waals surface area contributed by atoms with Gasteiger partial charge in [0.2, 0.25) is 5.91 Å². The van der Waals surface area contributed by atoms with Gasteiger partial charge in [-0.15, -0.1) is 0 Å². The van der Waals surface area contributed by atoms with Gasteiger partial charge in [0.15, 0.2) is 0 Å². The zero-order chi connectivity index (χ0) is 15.6. The van der Waals surface area contributed by atoms with E-state index in [1.54, 1.807) is 25.1 Å². The zero-order valence-electron chi connectivity index (χ0n) is 11.5. The Labute approximate surface area is 125 Å². The lowest BCUT2D eigenvalue weighted by Gasteiger charge is -2.09. The van der Waals surface area contributed by atoms with Crippen LogP contribution in [-0.2, 0) is 11.2 Å². The van der Waals surface area contributed by atoms with Crippen LogP contribution in [0.1, 0.15) is 16.8 Å². The molecular weight excluding hydrogens is 294 g/mol. The number of amides is 1. The Bertz CT molecular complexity index is 808. The highest BCUT2D eigenvalue weighted by Gasteiger charge is 2.12. The van der Waals surface area contributed by atoms with Crippen LogP contribution in [0.25, 0.3) is 0 Å². The maximum atomic E-state index is 12.0. The molecule has 6 nitrogen and oxygen atoms in total. The molecule has 0 unspecified atom stereocenters. The quantitative estimate of drug-likeness (QED) is 0.802. The van der Waals surface area contributed by atoms with E-state index < -0.39 is 11.2 Å². The number of hydrogen-bond acceptors (Lipinski definition) is 3. The fraction of sp³-hybridized carbons (Fsp3) is 0.214. The van der Waals surface area contributed by atoms with E-state index in [0.29, 0.717) is 16.4 Å². The molecule has 0 saturated heterocycles. The minimum Gasteiger partial charge on any atom is -0.326 e. The molecule has 0 atom stereocenters. The topological polar surface area (TPSA) is 94.8 Å². The zero-order valence-corrected chi connectivity index (χ0v) is 12.3. The Morgan fingerprint density at radius 2 is 1.95 bits per heavy atom. The molecule has 0 bridgehead atoms. The van der Waals surface area contributed by atoms with E-state index in [0.717, 1.165) is 5.56 Å². The molecule has 1 heterocycles. The van der Waals surface area contributed by atoms with E-state index in [1.807, 2.05) is 6.92 Å². The van der Waals surface area contributed by atoms with Gasteiger partial charge in [0.25, 0.3) is 5.56 Å². The first-order chi connectivity index (χ1) is 9.86. The molecule has 0 aliphatic rings. The van der Waals surface area contributed by atoms with Crippen LogP contribution < -0.4 is 16.6 Å². The van der Waals surface area contributed by atoms with Crippen molar-refractivity contribution >= 4 is 23.2 Å². The van der Waals surface area contributed by atoms with Crippen molar-refractivity contribution in [3.05, 3.63) is 60.9 Å². The second-order valence-electron chi connectivity index (χ2n) is 4.70. The van der Waals surface area contributed by atoms with Crippen molar-refractivity contribution in [3.63, 3.8) is 0 Å². The average molecular weight is 308 g/mol. The number of rotatable bonds is 3. The molecule has 0 aliphatic carbocycles. The monoisotopic (exact) mass is 307 g/mol. The number of aromatic amines is 2. The number of carbonyl (C=O) groups excluding carboxylic acids is 1. The molecule has 0 radical (unpaired) electrons. The maximum absolute atomic E-state index is 12.0. The van der Waals surface area contributed by atoms with Crippen LogP contribution in [0.5, 0.6) is 0 Å². The minimum atomic E-state index is -0.590. The van der Waals surface area contributed by atoms with Crippen molar-refractivity contribution in [1.82, 2.24) is 9.97 Å². The normalized spacial score (nSPS) is 10.4. The Hall–Kier alpha value is -2.34. The molecule has 21 heavy (non-hydrogen) atoms. The van der Waals surface area contributed by atoms with Gasteiger partial charge in [0.05, 0.1) is 6.42 Å². The lowest BCUT2D eigenvalue weighted by Crippen LogP contribution is -2.29. The molecule has 2 aromatic rings. The largest absolute Gasteiger partial charge is 0.326 e. The van der Waals surface area contributed by atoms with Gasteiger partial charge < -0.3 is 10.3 Å². The fourth-order valence-corrected chi connectivity index (χ4v) is 2.09. The van der Waals surface area contributed by atoms with Crippen LogP contribution in [0, 0.1) is 13.8 Å². The molecule has 2 rings (SSSR count). The Morgan fingerprint density at radius 1 is 1.24 bits per heavy atom. The fourth-order valence-electron chi connectivity index (χ4n) is 1.92. The Balaban J connectivity index is 2.21. The van der Waals surface area contributed by atoms with E-state index in [9.17, 15) is 14.4 Å². The predicted molar refractivity (Wildman–Crippen MR) is 80.9 cm³/mol. The van der Waals surface area contributed by atoms with Crippen LogP contribution in [0.4, 0.5) is 5.69 Å². The van der Waals surface area contributed by atoms with Crippen molar-refractivity contribution in [1.29, 1.82) is 0 Å². The summed E-state index contributed by atoms with van der Waals surface area (Å²) in [5.74, 6) is -0.360. The Kier molecular flexibility index (Phi) is 4.28. The first kappa shape index (κ1) is 15.1. The Morgan fingerprint density at radius 3 is 2.62 bits per heavy atom. The second-order valence-corrected chi connectivity index (χ2v) is 5.13. The van der Waals surface area contributed by atoms with Crippen LogP contribution in [0.2, 0.25) is 5.02 Å². The summed E-state index contributed by atoms with van der Waals surface area (Å²) < 4.78 is 0. The van der Waals surface area contributed by atoms with Crippen molar-refractivity contribution in [2.24, 2.45) is 0 Å². The smallest absolute Gasteiger partial charge is 0.325 e. The molecule has 110 valence electrons. The molecular formula is C14H14ClN3O3. The first-order valence-electron chi connectivity index (χ1n) is 6.25. The number of carbonyl (C=O) groups is 1. The van der Waals surface area contributed by atoms with Crippen molar-refractivity contribution in [2.45, 2.75) is 20.3 Å². The number of nitrogens with one attached hydrogen (secondary N) is 3. The molecule has 1 aromatic carbocycles. The summed E-state index contributed by atoms with van der Waals surface area (Å²) in [6.07, 6.45) is -0.135. The summed E-state index contributed by atoms with van der Waals surface area (Å²) in [7, 11) is 0. The standard InChI is InChI=1S/C14H14ClN3O3/c1-7-3-4-9(15)5-11(7)17-12(19)6-10-8(2)16-14(21)18-13(10)20/h3-5H,6H2,1-2H3,(H,17,19)(H2,16,18,20,21). The van der Waals surface area contributed by atoms with Crippen LogP contribution in [0.15, 0.2) is 27.8 Å². The van der Waals surface area contributed by atoms with Gasteiger partial charge >= 0.3 is 5.69 Å². The van der Waals surface area contributed by atoms with E-state index in [4.69, 9.17) is 11.6 Å². The average Bonchev–Trinajstić information content (AvgIpc) is 2.38. The molecule has 3 N–H and O–H groups in total. The van der Waals surface area contributed by atoms with E-state index in [2.05, 4.69) is 15.3 Å². The van der Waals surface area contributed by atoms with Gasteiger partial charge in [-0.3, -0.25) is 14.6 Å². The lowest BCUT2D eigenvalue weighted by molar-refractivity contribution is -0.115. The summed E-state index contributed by atoms with van der Waals surface area (Å²) in [5, 5.41) is 3.21. The molecule has 0 spiro atoms. The third-order valence-electron chi connectivity index (χ3n) is 3.07. The van der Waals surface area contributed by atoms with E-state index in [-0.39, 0.29) is 17.9 Å². The van der Waals surface area contributed by atoms with Crippen LogP contribution in [-0.4, -0.2) is 15.9 Å². The molecule has 1 aromatic heterocycles. The van der Waals surface area contributed by atoms with Gasteiger partial charge in [0.1, 0.15) is 0 Å². The van der Waals surface area contributed by atoms with E-state index in [1.165, 1.54) is 0 Å². The summed E-state index contributed by atoms with van der Waals surface area (Å²) >= 11 is 5.88. The van der Waals surface area contributed by atoms with Gasteiger partial charge in [-0.25, -0.2) is 4.79 Å². The third-order valence-corrected chi connectivity index (χ3v) is 3.30. The van der Waals surface area contributed by atoms with Crippen LogP contribution in [0.3, 0.4) is 0 Å². The van der Waals surface area contributed by atoms with E-state index >= 15 is 0 Å². The van der Waals surface area contributed by atoms with Crippen molar-refractivity contribution in [3.8, 4) is 0 Å². The molecule has 0 fully saturated rings. The third kappa shape index (κ3) is 3.61. The number of halogens is 1. The SMILES string of the molecule is Cc1ccc(Cl)cc1NC(=O)Cc1c(C)[nH]c(=O)[nH]c1=O. The van der Waals surface area contributed by atoms with Gasteiger partial charge in [-0.2, -0.15) is 0 Å². The maximum Gasteiger partial charge on any atom is 0.325 e. The summed E-state index contributed by atoms with van der Waals surface area (Å²) in [4.78, 5) is 39.4. The molecule has 7 heteroatoms. The van der Waals surface area contributed by atoms with Crippen molar-refractivity contribution < 1.29 is 4.79 Å². The summed E-state index contributed by atoms with van der Waals surface area (Å²) in [6.45, 7) is 3.41. The van der Waals surface area contributed by atoms with Gasteiger partial charge in [-0.1, -0.05) is 17.7 Å². The number of benzene rings is 1. The van der Waals surface area contributed by atoms with Gasteiger partial charge in [0, 0.05) is 22.0 Å². The number of aryl methyl sites for hydroxylation is 2. The highest BCUT2D eigenvalue weighted by molar-refractivity contribution is 6.31. The lowest BCUT2D eigenvalue weighted by atomic mass is 10.1. The second kappa shape index (κ2) is 5.97. The highest BCUT2D eigenvalue weighted by Crippen LogP contribution is 2.20. The minimum absolute atomic E-state index is 0.135. The van der Waals surface area contributed by atoms with Gasteiger partial charge in [-0.05, 0) is 31.5 Å². The molecule has 0 aliphatic heterocycles. The number of anilines is 1. The number of H-pyrrole nitrogens is 2. The summed E-state index contributed by atoms with van der Waals surface area (Å²) in [6, 6.07) is 5.15. The predicted octanol–water partition coefficient (Wildman–Crippen LogP) is 1.51. The number of aromatic nitrogens is 2. The van der Waals surface area contributed by atoms with Crippen LogP contribution >= 0.6 is 11.6 Å².